The van der Waals surface area contributed by atoms with Crippen LogP contribution in [0.4, 0.5) is 0 Å². The third kappa shape index (κ3) is 3.54. The van der Waals surface area contributed by atoms with Gasteiger partial charge in [-0.15, -0.1) is 0 Å². The highest BCUT2D eigenvalue weighted by molar-refractivity contribution is 9.10. The van der Waals surface area contributed by atoms with Gasteiger partial charge in [-0.25, -0.2) is 14.8 Å². The summed E-state index contributed by atoms with van der Waals surface area (Å²) in [6.07, 6.45) is 2.38. The minimum absolute atomic E-state index is 0.251. The zero-order valence-electron chi connectivity index (χ0n) is 10.1. The van der Waals surface area contributed by atoms with E-state index in [0.717, 1.165) is 15.2 Å². The van der Waals surface area contributed by atoms with Crippen LogP contribution in [0.15, 0.2) is 45.0 Å². The topological polar surface area (TPSA) is 63.1 Å². The first-order chi connectivity index (χ1) is 9.10. The highest BCUT2D eigenvalue weighted by atomic mass is 79.9. The molecule has 0 spiro atoms. The first kappa shape index (κ1) is 14.0. The van der Waals surface area contributed by atoms with Gasteiger partial charge in [-0.1, -0.05) is 6.92 Å². The van der Waals surface area contributed by atoms with Crippen molar-refractivity contribution >= 4 is 33.7 Å². The Labute approximate surface area is 123 Å². The number of carbonyl (C=O) groups is 1. The maximum atomic E-state index is 11.1. The summed E-state index contributed by atoms with van der Waals surface area (Å²) in [4.78, 5) is 19.7. The number of hydrogen-bond acceptors (Lipinski definition) is 4. The minimum Gasteiger partial charge on any atom is -0.478 e. The molecule has 0 atom stereocenters. The van der Waals surface area contributed by atoms with Crippen LogP contribution in [-0.4, -0.2) is 21.0 Å². The number of hydrogen-bond donors (Lipinski definition) is 1. The van der Waals surface area contributed by atoms with Crippen LogP contribution in [0.3, 0.4) is 0 Å². The Kier molecular flexibility index (Phi) is 4.55. The molecule has 0 aliphatic rings. The smallest absolute Gasteiger partial charge is 0.335 e. The summed E-state index contributed by atoms with van der Waals surface area (Å²) in [6, 6.07) is 6.87. The second-order valence-electron chi connectivity index (χ2n) is 3.74. The molecule has 0 unspecified atom stereocenters. The summed E-state index contributed by atoms with van der Waals surface area (Å²) in [5, 5.41) is 10.5. The molecule has 0 fully saturated rings. The van der Waals surface area contributed by atoms with E-state index in [-0.39, 0.29) is 5.56 Å². The lowest BCUT2D eigenvalue weighted by molar-refractivity contribution is 0.0696. The van der Waals surface area contributed by atoms with Crippen LogP contribution in [0.5, 0.6) is 0 Å². The fourth-order valence-corrected chi connectivity index (χ4v) is 2.79. The largest absolute Gasteiger partial charge is 0.478 e. The van der Waals surface area contributed by atoms with Gasteiger partial charge >= 0.3 is 5.97 Å². The van der Waals surface area contributed by atoms with Crippen LogP contribution in [0.25, 0.3) is 0 Å². The summed E-state index contributed by atoms with van der Waals surface area (Å²) >= 11 is 4.75. The Bertz CT molecular complexity index is 619. The number of carboxylic acids is 1. The lowest BCUT2D eigenvalue weighted by atomic mass is 10.2. The number of pyridine rings is 2. The minimum atomic E-state index is -0.945. The summed E-state index contributed by atoms with van der Waals surface area (Å²) in [5.74, 6) is -0.945. The van der Waals surface area contributed by atoms with Crippen molar-refractivity contribution in [2.75, 3.05) is 0 Å². The molecule has 0 aliphatic carbocycles. The average Bonchev–Trinajstić information content (AvgIpc) is 2.41. The van der Waals surface area contributed by atoms with Gasteiger partial charge in [0.05, 0.1) is 10.0 Å². The van der Waals surface area contributed by atoms with Crippen molar-refractivity contribution in [3.05, 3.63) is 46.2 Å². The number of aryl methyl sites for hydroxylation is 1. The molecule has 6 heteroatoms. The van der Waals surface area contributed by atoms with Gasteiger partial charge in [-0.2, -0.15) is 0 Å². The van der Waals surface area contributed by atoms with Crippen LogP contribution < -0.4 is 0 Å². The molecular weight excluding hydrogens is 328 g/mol. The van der Waals surface area contributed by atoms with E-state index in [1.54, 1.807) is 18.3 Å². The number of halogens is 1. The molecule has 0 amide bonds. The lowest BCUT2D eigenvalue weighted by Gasteiger charge is -2.06. The van der Waals surface area contributed by atoms with Crippen molar-refractivity contribution in [3.63, 3.8) is 0 Å². The van der Waals surface area contributed by atoms with Gasteiger partial charge in [0.1, 0.15) is 10.1 Å². The fourth-order valence-electron chi connectivity index (χ4n) is 1.46. The summed E-state index contributed by atoms with van der Waals surface area (Å²) in [6.45, 7) is 1.94. The fraction of sp³-hybridized carbons (Fsp3) is 0.154. The number of aromatic carboxylic acids is 1. The maximum Gasteiger partial charge on any atom is 0.335 e. The molecule has 0 radical (unpaired) electrons. The van der Waals surface area contributed by atoms with E-state index < -0.39 is 5.97 Å². The standard InChI is InChI=1S/C13H11BrN2O2S/c1-2-9-6-8(13(17)18)7-11(16-9)19-12-10(14)4-3-5-15-12/h3-7H,2H2,1H3,(H,17,18). The van der Waals surface area contributed by atoms with Gasteiger partial charge in [0.15, 0.2) is 0 Å². The summed E-state index contributed by atoms with van der Waals surface area (Å²) in [5.41, 5.74) is 1.01. The quantitative estimate of drug-likeness (QED) is 0.921. The third-order valence-electron chi connectivity index (χ3n) is 2.39. The van der Waals surface area contributed by atoms with E-state index in [0.29, 0.717) is 11.4 Å². The first-order valence-corrected chi connectivity index (χ1v) is 7.23. The maximum absolute atomic E-state index is 11.1. The molecular formula is C13H11BrN2O2S. The summed E-state index contributed by atoms with van der Waals surface area (Å²) in [7, 11) is 0. The highest BCUT2D eigenvalue weighted by Gasteiger charge is 2.10. The number of rotatable bonds is 4. The molecule has 2 aromatic rings. The zero-order valence-corrected chi connectivity index (χ0v) is 12.5. The zero-order chi connectivity index (χ0) is 13.8. The van der Waals surface area contributed by atoms with E-state index in [4.69, 9.17) is 5.11 Å². The predicted octanol–water partition coefficient (Wildman–Crippen LogP) is 3.65. The van der Waals surface area contributed by atoms with Crippen LogP contribution in [-0.2, 0) is 6.42 Å². The molecule has 2 rings (SSSR count). The normalized spacial score (nSPS) is 10.4. The average molecular weight is 339 g/mol. The Balaban J connectivity index is 2.37. The van der Waals surface area contributed by atoms with E-state index in [1.165, 1.54) is 11.8 Å². The van der Waals surface area contributed by atoms with Gasteiger partial charge in [0.25, 0.3) is 0 Å². The Hall–Kier alpha value is -1.40. The predicted molar refractivity (Wildman–Crippen MR) is 76.6 cm³/mol. The Morgan fingerprint density at radius 2 is 2.26 bits per heavy atom. The Morgan fingerprint density at radius 3 is 2.89 bits per heavy atom. The highest BCUT2D eigenvalue weighted by Crippen LogP contribution is 2.30. The third-order valence-corrected chi connectivity index (χ3v) is 4.23. The van der Waals surface area contributed by atoms with E-state index in [9.17, 15) is 4.79 Å². The molecule has 0 bridgehead atoms. The van der Waals surface area contributed by atoms with Crippen LogP contribution in [0, 0.1) is 0 Å². The number of nitrogens with zero attached hydrogens (tertiary/aromatic N) is 2. The molecule has 98 valence electrons. The Morgan fingerprint density at radius 1 is 1.47 bits per heavy atom. The van der Waals surface area contributed by atoms with Crippen molar-refractivity contribution in [2.24, 2.45) is 0 Å². The van der Waals surface area contributed by atoms with Crippen molar-refractivity contribution in [1.82, 2.24) is 9.97 Å². The number of aromatic nitrogens is 2. The lowest BCUT2D eigenvalue weighted by Crippen LogP contribution is -2.00. The molecule has 0 saturated carbocycles. The van der Waals surface area contributed by atoms with Crippen LogP contribution >= 0.6 is 27.7 Å². The first-order valence-electron chi connectivity index (χ1n) is 5.62. The SMILES string of the molecule is CCc1cc(C(=O)O)cc(Sc2ncccc2Br)n1. The molecule has 0 aromatic carbocycles. The molecule has 2 aromatic heterocycles. The van der Waals surface area contributed by atoms with Crippen LogP contribution in [0.2, 0.25) is 0 Å². The molecule has 19 heavy (non-hydrogen) atoms. The van der Waals surface area contributed by atoms with Crippen LogP contribution in [0.1, 0.15) is 23.0 Å². The second-order valence-corrected chi connectivity index (χ2v) is 5.60. The van der Waals surface area contributed by atoms with Gasteiger partial charge in [-0.05, 0) is 58.4 Å². The second kappa shape index (κ2) is 6.16. The van der Waals surface area contributed by atoms with E-state index in [1.807, 2.05) is 19.1 Å². The van der Waals surface area contributed by atoms with Gasteiger partial charge in [0, 0.05) is 11.9 Å². The summed E-state index contributed by atoms with van der Waals surface area (Å²) < 4.78 is 0.862. The number of carboxylic acid groups (broad SMARTS) is 1. The monoisotopic (exact) mass is 338 g/mol. The molecule has 0 saturated heterocycles. The molecule has 1 N–H and O–H groups in total. The van der Waals surface area contributed by atoms with Crippen molar-refractivity contribution < 1.29 is 9.90 Å². The van der Waals surface area contributed by atoms with Crippen molar-refractivity contribution in [3.8, 4) is 0 Å². The molecule has 2 heterocycles. The van der Waals surface area contributed by atoms with Gasteiger partial charge < -0.3 is 5.11 Å². The van der Waals surface area contributed by atoms with E-state index in [2.05, 4.69) is 25.9 Å². The molecule has 4 nitrogen and oxygen atoms in total. The van der Waals surface area contributed by atoms with E-state index >= 15 is 0 Å². The van der Waals surface area contributed by atoms with Gasteiger partial charge in [-0.3, -0.25) is 0 Å². The molecule has 0 aliphatic heterocycles. The van der Waals surface area contributed by atoms with Gasteiger partial charge in [0.2, 0.25) is 0 Å². The van der Waals surface area contributed by atoms with Crippen molar-refractivity contribution in [2.45, 2.75) is 23.4 Å². The van der Waals surface area contributed by atoms with Crippen molar-refractivity contribution in [1.29, 1.82) is 0 Å².